The van der Waals surface area contributed by atoms with Gasteiger partial charge in [-0.3, -0.25) is 14.2 Å². The molecule has 1 aromatic heterocycles. The van der Waals surface area contributed by atoms with Crippen molar-refractivity contribution < 1.29 is 22.4 Å². The van der Waals surface area contributed by atoms with E-state index in [1.165, 1.54) is 4.57 Å². The van der Waals surface area contributed by atoms with E-state index < -0.39 is 34.9 Å². The number of thioether (sulfide) groups is 1. The Morgan fingerprint density at radius 1 is 1.14 bits per heavy atom. The minimum Gasteiger partial charge on any atom is -0.321 e. The summed E-state index contributed by atoms with van der Waals surface area (Å²) in [5.41, 5.74) is -0.884. The number of rotatable bonds is 6. The molecule has 2 aromatic carbocycles. The van der Waals surface area contributed by atoms with Gasteiger partial charge in [-0.15, -0.1) is 0 Å². The molecule has 0 aliphatic carbocycles. The lowest BCUT2D eigenvalue weighted by Gasteiger charge is -2.11. The topological polar surface area (TPSA) is 64.0 Å². The van der Waals surface area contributed by atoms with E-state index in [4.69, 9.17) is 0 Å². The second-order valence-electron chi connectivity index (χ2n) is 5.95. The van der Waals surface area contributed by atoms with E-state index in [1.807, 2.05) is 5.32 Å². The zero-order valence-corrected chi connectivity index (χ0v) is 16.0. The average molecular weight is 425 g/mol. The van der Waals surface area contributed by atoms with Crippen LogP contribution in [0.25, 0.3) is 10.9 Å². The first-order valence-corrected chi connectivity index (χ1v) is 9.57. The van der Waals surface area contributed by atoms with E-state index in [1.54, 1.807) is 31.2 Å². The molecular formula is C19H15F4N3O2S. The highest BCUT2D eigenvalue weighted by molar-refractivity contribution is 7.99. The van der Waals surface area contributed by atoms with E-state index in [0.717, 1.165) is 11.8 Å². The van der Waals surface area contributed by atoms with Crippen molar-refractivity contribution >= 4 is 34.3 Å². The van der Waals surface area contributed by atoms with Crippen LogP contribution in [0, 0.1) is 23.3 Å². The van der Waals surface area contributed by atoms with Gasteiger partial charge in [-0.2, -0.15) is 0 Å². The van der Waals surface area contributed by atoms with Crippen molar-refractivity contribution in [3.05, 3.63) is 64.0 Å². The molecule has 0 aliphatic rings. The molecule has 152 valence electrons. The van der Waals surface area contributed by atoms with Gasteiger partial charge >= 0.3 is 0 Å². The van der Waals surface area contributed by atoms with Gasteiger partial charge in [0.25, 0.3) is 5.56 Å². The Morgan fingerprint density at radius 2 is 1.79 bits per heavy atom. The smallest absolute Gasteiger partial charge is 0.262 e. The Balaban J connectivity index is 1.72. The van der Waals surface area contributed by atoms with Crippen LogP contribution in [0.3, 0.4) is 0 Å². The van der Waals surface area contributed by atoms with Gasteiger partial charge in [0.05, 0.1) is 10.9 Å². The van der Waals surface area contributed by atoms with Crippen molar-refractivity contribution in [3.8, 4) is 0 Å². The molecule has 0 spiro atoms. The Bertz CT molecular complexity index is 1120. The molecule has 1 amide bonds. The number of nitrogens with zero attached hydrogens (tertiary/aromatic N) is 2. The first-order valence-electron chi connectivity index (χ1n) is 8.58. The molecule has 1 N–H and O–H groups in total. The van der Waals surface area contributed by atoms with Crippen molar-refractivity contribution in [3.63, 3.8) is 0 Å². The normalized spacial score (nSPS) is 11.1. The predicted molar refractivity (Wildman–Crippen MR) is 102 cm³/mol. The molecule has 0 bridgehead atoms. The quantitative estimate of drug-likeness (QED) is 0.280. The minimum absolute atomic E-state index is 0.0611. The van der Waals surface area contributed by atoms with Crippen molar-refractivity contribution in [2.45, 2.75) is 25.0 Å². The van der Waals surface area contributed by atoms with E-state index >= 15 is 0 Å². The summed E-state index contributed by atoms with van der Waals surface area (Å²) in [7, 11) is 0. The molecule has 0 atom stereocenters. The Morgan fingerprint density at radius 3 is 2.45 bits per heavy atom. The third-order valence-electron chi connectivity index (χ3n) is 4.08. The molecule has 0 fully saturated rings. The van der Waals surface area contributed by atoms with Gasteiger partial charge in [-0.25, -0.2) is 22.5 Å². The summed E-state index contributed by atoms with van der Waals surface area (Å²) >= 11 is 1.11. The van der Waals surface area contributed by atoms with Crippen LogP contribution < -0.4 is 10.9 Å². The van der Waals surface area contributed by atoms with Crippen LogP contribution in [-0.4, -0.2) is 21.2 Å². The highest BCUT2D eigenvalue weighted by Gasteiger charge is 2.21. The number of hydrogen-bond donors (Lipinski definition) is 1. The molecule has 0 radical (unpaired) electrons. The van der Waals surface area contributed by atoms with Gasteiger partial charge in [0, 0.05) is 24.8 Å². The number of aromatic nitrogens is 2. The fraction of sp³-hybridized carbons (Fsp3) is 0.211. The fourth-order valence-electron chi connectivity index (χ4n) is 2.66. The lowest BCUT2D eigenvalue weighted by molar-refractivity contribution is -0.115. The maximum Gasteiger partial charge on any atom is 0.262 e. The van der Waals surface area contributed by atoms with Gasteiger partial charge in [0.15, 0.2) is 28.4 Å². The average Bonchev–Trinajstić information content (AvgIpc) is 2.70. The zero-order chi connectivity index (χ0) is 21.1. The maximum absolute atomic E-state index is 13.6. The van der Waals surface area contributed by atoms with E-state index in [2.05, 4.69) is 4.98 Å². The summed E-state index contributed by atoms with van der Waals surface area (Å²) in [6.07, 6.45) is -0.228. The number of benzene rings is 2. The number of fused-ring (bicyclic) bond motifs is 1. The number of halogens is 4. The summed E-state index contributed by atoms with van der Waals surface area (Å²) in [6, 6.07) is 6.90. The zero-order valence-electron chi connectivity index (χ0n) is 15.1. The van der Waals surface area contributed by atoms with Gasteiger partial charge < -0.3 is 5.32 Å². The maximum atomic E-state index is 13.6. The second-order valence-corrected chi connectivity index (χ2v) is 7.01. The molecule has 0 saturated heterocycles. The van der Waals surface area contributed by atoms with Gasteiger partial charge in [-0.05, 0) is 19.1 Å². The molecule has 29 heavy (non-hydrogen) atoms. The molecule has 3 aromatic rings. The molecule has 1 heterocycles. The van der Waals surface area contributed by atoms with Gasteiger partial charge in [0.2, 0.25) is 5.91 Å². The van der Waals surface area contributed by atoms with Crippen LogP contribution >= 0.6 is 11.8 Å². The number of carbonyl (C=O) groups is 1. The summed E-state index contributed by atoms with van der Waals surface area (Å²) < 4.78 is 55.1. The molecule has 10 heteroatoms. The van der Waals surface area contributed by atoms with Crippen molar-refractivity contribution in [2.75, 3.05) is 11.1 Å². The molecular weight excluding hydrogens is 410 g/mol. The third-order valence-corrected chi connectivity index (χ3v) is 5.06. The highest BCUT2D eigenvalue weighted by atomic mass is 32.2. The first-order chi connectivity index (χ1) is 13.8. The molecule has 0 saturated carbocycles. The highest BCUT2D eigenvalue weighted by Crippen LogP contribution is 2.25. The van der Waals surface area contributed by atoms with Crippen molar-refractivity contribution in [2.24, 2.45) is 0 Å². The minimum atomic E-state index is -1.68. The van der Waals surface area contributed by atoms with Crippen LogP contribution in [0.4, 0.5) is 23.2 Å². The lowest BCUT2D eigenvalue weighted by Crippen LogP contribution is -2.22. The standard InChI is InChI=1S/C19H15F4N3O2S/c1-2-26-18(28)10-5-3-4-6-13(10)24-19(26)29-8-7-14(27)25-17-15(22)11(20)9-12(21)16(17)23/h3-6,9H,2,7-8H2,1H3,(H,25,27). The number of amides is 1. The van der Waals surface area contributed by atoms with Crippen molar-refractivity contribution in [1.82, 2.24) is 9.55 Å². The molecule has 3 rings (SSSR count). The van der Waals surface area contributed by atoms with Crippen LogP contribution in [0.1, 0.15) is 13.3 Å². The largest absolute Gasteiger partial charge is 0.321 e. The SMILES string of the molecule is CCn1c(SCCC(=O)Nc2c(F)c(F)cc(F)c2F)nc2ccccc2c1=O. The lowest BCUT2D eigenvalue weighted by atomic mass is 10.2. The first kappa shape index (κ1) is 20.8. The molecule has 5 nitrogen and oxygen atoms in total. The number of hydrogen-bond acceptors (Lipinski definition) is 4. The summed E-state index contributed by atoms with van der Waals surface area (Å²) in [5.74, 6) is -7.30. The Kier molecular flexibility index (Phi) is 6.21. The second kappa shape index (κ2) is 8.64. The monoisotopic (exact) mass is 425 g/mol. The summed E-state index contributed by atoms with van der Waals surface area (Å²) in [4.78, 5) is 28.9. The van der Waals surface area contributed by atoms with E-state index in [9.17, 15) is 27.2 Å². The van der Waals surface area contributed by atoms with Crippen LogP contribution in [0.5, 0.6) is 0 Å². The number of carbonyl (C=O) groups excluding carboxylic acids is 1. The summed E-state index contributed by atoms with van der Waals surface area (Å²) in [5, 5.41) is 2.70. The van der Waals surface area contributed by atoms with Gasteiger partial charge in [-0.1, -0.05) is 23.9 Å². The Labute approximate surface area is 166 Å². The predicted octanol–water partition coefficient (Wildman–Crippen LogP) is 4.09. The van der Waals surface area contributed by atoms with E-state index in [0.29, 0.717) is 22.6 Å². The number of para-hydroxylation sites is 1. The van der Waals surface area contributed by atoms with Gasteiger partial charge in [0.1, 0.15) is 5.69 Å². The number of nitrogens with one attached hydrogen (secondary N) is 1. The van der Waals surface area contributed by atoms with Crippen molar-refractivity contribution in [1.29, 1.82) is 0 Å². The molecule has 0 unspecified atom stereocenters. The van der Waals surface area contributed by atoms with E-state index in [-0.39, 0.29) is 23.8 Å². The Hall–Kier alpha value is -2.88. The molecule has 0 aliphatic heterocycles. The van der Waals surface area contributed by atoms with Crippen LogP contribution in [0.15, 0.2) is 40.3 Å². The number of anilines is 1. The van der Waals surface area contributed by atoms with Crippen LogP contribution in [-0.2, 0) is 11.3 Å². The third kappa shape index (κ3) is 4.26. The fourth-order valence-corrected chi connectivity index (χ4v) is 3.66. The van der Waals surface area contributed by atoms with Crippen LogP contribution in [0.2, 0.25) is 0 Å². The summed E-state index contributed by atoms with van der Waals surface area (Å²) in [6.45, 7) is 2.14.